The number of piperidine rings is 1. The second-order valence-electron chi connectivity index (χ2n) is 5.36. The average Bonchev–Trinajstić information content (AvgIpc) is 2.47. The van der Waals surface area contributed by atoms with E-state index < -0.39 is 0 Å². The van der Waals surface area contributed by atoms with Crippen molar-refractivity contribution in [2.24, 2.45) is 0 Å². The molecule has 20 heavy (non-hydrogen) atoms. The third-order valence-electron chi connectivity index (χ3n) is 3.80. The summed E-state index contributed by atoms with van der Waals surface area (Å²) in [6.45, 7) is 6.02. The van der Waals surface area contributed by atoms with Gasteiger partial charge < -0.3 is 4.90 Å². The van der Waals surface area contributed by atoms with E-state index in [4.69, 9.17) is 0 Å². The van der Waals surface area contributed by atoms with Gasteiger partial charge in [-0.25, -0.2) is 9.97 Å². The zero-order valence-electron chi connectivity index (χ0n) is 12.0. The molecule has 0 unspecified atom stereocenters. The maximum Gasteiger partial charge on any atom is 0.132 e. The van der Waals surface area contributed by atoms with Gasteiger partial charge in [-0.05, 0) is 26.7 Å². The first-order chi connectivity index (χ1) is 9.72. The molecule has 0 aromatic carbocycles. The average molecular weight is 269 g/mol. The molecule has 0 aliphatic carbocycles. The van der Waals surface area contributed by atoms with Crippen molar-refractivity contribution in [1.29, 1.82) is 0 Å². The van der Waals surface area contributed by atoms with E-state index in [1.807, 2.05) is 32.3 Å². The lowest BCUT2D eigenvalue weighted by atomic mass is 9.93. The van der Waals surface area contributed by atoms with E-state index in [1.165, 1.54) is 0 Å². The van der Waals surface area contributed by atoms with E-state index >= 15 is 0 Å². The van der Waals surface area contributed by atoms with Crippen molar-refractivity contribution in [1.82, 2.24) is 19.9 Å². The van der Waals surface area contributed by atoms with Gasteiger partial charge in [0.2, 0.25) is 0 Å². The van der Waals surface area contributed by atoms with Crippen LogP contribution in [0.3, 0.4) is 0 Å². The molecule has 3 rings (SSSR count). The van der Waals surface area contributed by atoms with E-state index in [0.717, 1.165) is 48.8 Å². The minimum Gasteiger partial charge on any atom is -0.356 e. The molecule has 1 fully saturated rings. The van der Waals surface area contributed by atoms with Gasteiger partial charge in [-0.15, -0.1) is 0 Å². The van der Waals surface area contributed by atoms with Crippen LogP contribution in [0.2, 0.25) is 0 Å². The van der Waals surface area contributed by atoms with Crippen LogP contribution in [0, 0.1) is 13.8 Å². The molecule has 0 amide bonds. The Bertz CT molecular complexity index is 537. The van der Waals surface area contributed by atoms with Crippen molar-refractivity contribution in [2.75, 3.05) is 18.0 Å². The largest absolute Gasteiger partial charge is 0.356 e. The number of aromatic nitrogens is 4. The number of anilines is 1. The first-order valence-corrected chi connectivity index (χ1v) is 7.04. The zero-order chi connectivity index (χ0) is 13.9. The maximum absolute atomic E-state index is 4.60. The second kappa shape index (κ2) is 5.53. The lowest BCUT2D eigenvalue weighted by molar-refractivity contribution is 0.491. The van der Waals surface area contributed by atoms with Crippen molar-refractivity contribution < 1.29 is 0 Å². The Morgan fingerprint density at radius 3 is 2.55 bits per heavy atom. The Morgan fingerprint density at radius 2 is 1.85 bits per heavy atom. The van der Waals surface area contributed by atoms with Crippen LogP contribution in [0.4, 0.5) is 5.82 Å². The van der Waals surface area contributed by atoms with Gasteiger partial charge in [-0.1, -0.05) is 0 Å². The highest BCUT2D eigenvalue weighted by atomic mass is 15.2. The summed E-state index contributed by atoms with van der Waals surface area (Å²) in [6.07, 6.45) is 7.55. The number of hydrogen-bond acceptors (Lipinski definition) is 5. The molecule has 3 heterocycles. The fraction of sp³-hybridized carbons (Fsp3) is 0.467. The highest BCUT2D eigenvalue weighted by molar-refractivity contribution is 5.39. The zero-order valence-corrected chi connectivity index (χ0v) is 12.0. The van der Waals surface area contributed by atoms with Gasteiger partial charge in [-0.3, -0.25) is 9.97 Å². The Balaban J connectivity index is 1.68. The van der Waals surface area contributed by atoms with Crippen molar-refractivity contribution in [2.45, 2.75) is 32.6 Å². The van der Waals surface area contributed by atoms with Gasteiger partial charge >= 0.3 is 0 Å². The quantitative estimate of drug-likeness (QED) is 0.837. The van der Waals surface area contributed by atoms with Crippen molar-refractivity contribution in [3.63, 3.8) is 0 Å². The summed E-state index contributed by atoms with van der Waals surface area (Å²) >= 11 is 0. The van der Waals surface area contributed by atoms with Crippen LogP contribution in [0.25, 0.3) is 0 Å². The molecule has 5 heteroatoms. The minimum atomic E-state index is 0.515. The van der Waals surface area contributed by atoms with Crippen LogP contribution in [0.1, 0.15) is 35.8 Å². The summed E-state index contributed by atoms with van der Waals surface area (Å²) in [5.41, 5.74) is 3.14. The van der Waals surface area contributed by atoms with Crippen LogP contribution in [0.15, 0.2) is 24.8 Å². The third kappa shape index (κ3) is 2.76. The maximum atomic E-state index is 4.60. The van der Waals surface area contributed by atoms with E-state index in [2.05, 4.69) is 24.8 Å². The molecular weight excluding hydrogens is 250 g/mol. The van der Waals surface area contributed by atoms with Crippen LogP contribution < -0.4 is 4.90 Å². The van der Waals surface area contributed by atoms with Crippen molar-refractivity contribution in [3.05, 3.63) is 41.9 Å². The predicted molar refractivity (Wildman–Crippen MR) is 77.7 cm³/mol. The van der Waals surface area contributed by atoms with E-state index in [0.29, 0.717) is 5.92 Å². The molecule has 5 nitrogen and oxygen atoms in total. The molecule has 2 aromatic heterocycles. The first kappa shape index (κ1) is 13.0. The molecule has 2 aromatic rings. The standard InChI is InChI=1S/C15H19N5/c1-11-7-15(18-10-17-11)20-5-3-13(4-6-20)14-9-16-8-12(2)19-14/h7-10,13H,3-6H2,1-2H3. The molecule has 104 valence electrons. The number of nitrogens with zero attached hydrogens (tertiary/aromatic N) is 5. The molecular formula is C15H19N5. The number of rotatable bonds is 2. The number of hydrogen-bond donors (Lipinski definition) is 0. The fourth-order valence-corrected chi connectivity index (χ4v) is 2.70. The van der Waals surface area contributed by atoms with E-state index in [-0.39, 0.29) is 0 Å². The van der Waals surface area contributed by atoms with Crippen LogP contribution >= 0.6 is 0 Å². The smallest absolute Gasteiger partial charge is 0.132 e. The minimum absolute atomic E-state index is 0.515. The van der Waals surface area contributed by atoms with Crippen LogP contribution in [-0.2, 0) is 0 Å². The highest BCUT2D eigenvalue weighted by Gasteiger charge is 2.22. The lowest BCUT2D eigenvalue weighted by Gasteiger charge is -2.32. The molecule has 0 saturated carbocycles. The van der Waals surface area contributed by atoms with Gasteiger partial charge in [-0.2, -0.15) is 0 Å². The Labute approximate surface area is 119 Å². The normalized spacial score (nSPS) is 16.4. The van der Waals surface area contributed by atoms with Crippen LogP contribution in [0.5, 0.6) is 0 Å². The predicted octanol–water partition coefficient (Wildman–Crippen LogP) is 2.27. The second-order valence-corrected chi connectivity index (χ2v) is 5.36. The first-order valence-electron chi connectivity index (χ1n) is 7.04. The molecule has 0 spiro atoms. The third-order valence-corrected chi connectivity index (χ3v) is 3.80. The molecule has 1 aliphatic heterocycles. The summed E-state index contributed by atoms with van der Waals surface area (Å²) < 4.78 is 0. The molecule has 1 aliphatic rings. The monoisotopic (exact) mass is 269 g/mol. The molecule has 0 atom stereocenters. The van der Waals surface area contributed by atoms with Crippen molar-refractivity contribution in [3.8, 4) is 0 Å². The molecule has 0 radical (unpaired) electrons. The molecule has 0 N–H and O–H groups in total. The Morgan fingerprint density at radius 1 is 1.05 bits per heavy atom. The van der Waals surface area contributed by atoms with Gasteiger partial charge in [0, 0.05) is 43.2 Å². The van der Waals surface area contributed by atoms with Gasteiger partial charge in [0.05, 0.1) is 11.4 Å². The molecule has 0 bridgehead atoms. The summed E-state index contributed by atoms with van der Waals surface area (Å²) in [4.78, 5) is 19.7. The summed E-state index contributed by atoms with van der Waals surface area (Å²) in [7, 11) is 0. The van der Waals surface area contributed by atoms with Crippen molar-refractivity contribution >= 4 is 5.82 Å². The van der Waals surface area contributed by atoms with Gasteiger partial charge in [0.1, 0.15) is 12.1 Å². The van der Waals surface area contributed by atoms with Gasteiger partial charge in [0.15, 0.2) is 0 Å². The van der Waals surface area contributed by atoms with Crippen LogP contribution in [-0.4, -0.2) is 33.0 Å². The Hall–Kier alpha value is -2.04. The highest BCUT2D eigenvalue weighted by Crippen LogP contribution is 2.28. The summed E-state index contributed by atoms with van der Waals surface area (Å²) in [5.74, 6) is 1.55. The lowest BCUT2D eigenvalue weighted by Crippen LogP contribution is -2.33. The summed E-state index contributed by atoms with van der Waals surface area (Å²) in [5, 5.41) is 0. The Kier molecular flexibility index (Phi) is 3.58. The SMILES string of the molecule is Cc1cc(N2CCC(c3cncc(C)n3)CC2)ncn1. The number of aryl methyl sites for hydroxylation is 2. The summed E-state index contributed by atoms with van der Waals surface area (Å²) in [6, 6.07) is 2.05. The fourth-order valence-electron chi connectivity index (χ4n) is 2.70. The molecule has 1 saturated heterocycles. The van der Waals surface area contributed by atoms with E-state index in [1.54, 1.807) is 6.33 Å². The van der Waals surface area contributed by atoms with Gasteiger partial charge in [0.25, 0.3) is 0 Å². The topological polar surface area (TPSA) is 54.8 Å². The van der Waals surface area contributed by atoms with E-state index in [9.17, 15) is 0 Å².